The normalized spacial score (nSPS) is 10.3. The van der Waals surface area contributed by atoms with E-state index in [1.165, 1.54) is 0 Å². The van der Waals surface area contributed by atoms with Crippen LogP contribution in [0.5, 0.6) is 0 Å². The van der Waals surface area contributed by atoms with Crippen LogP contribution in [0.25, 0.3) is 0 Å². The van der Waals surface area contributed by atoms with Gasteiger partial charge in [0.05, 0.1) is 10.0 Å². The van der Waals surface area contributed by atoms with Crippen LogP contribution in [0.2, 0.25) is 10.0 Å². The Morgan fingerprint density at radius 3 is 2.27 bits per heavy atom. The van der Waals surface area contributed by atoms with Crippen LogP contribution in [0.1, 0.15) is 22.3 Å². The summed E-state index contributed by atoms with van der Waals surface area (Å²) in [5, 5.41) is 3.72. The molecule has 22 heavy (non-hydrogen) atoms. The molecule has 0 aliphatic rings. The number of carbonyl (C=O) groups is 2. The van der Waals surface area contributed by atoms with E-state index in [2.05, 4.69) is 5.32 Å². The summed E-state index contributed by atoms with van der Waals surface area (Å²) in [6.45, 7) is 0. The van der Waals surface area contributed by atoms with Gasteiger partial charge in [0.25, 0.3) is 0 Å². The molecule has 2 aromatic carbocycles. The molecule has 0 bridgehead atoms. The van der Waals surface area contributed by atoms with Gasteiger partial charge in [0, 0.05) is 17.7 Å². The van der Waals surface area contributed by atoms with E-state index >= 15 is 0 Å². The fourth-order valence-corrected chi connectivity index (χ4v) is 2.22. The smallest absolute Gasteiger partial charge is 0.248 e. The molecule has 0 radical (unpaired) electrons. The van der Waals surface area contributed by atoms with Crippen LogP contribution in [0, 0.1) is 0 Å². The summed E-state index contributed by atoms with van der Waals surface area (Å²) in [5.74, 6) is -0.629. The van der Waals surface area contributed by atoms with Crippen molar-refractivity contribution in [1.82, 2.24) is 0 Å². The van der Waals surface area contributed by atoms with Gasteiger partial charge < -0.3 is 11.1 Å². The zero-order chi connectivity index (χ0) is 16.1. The molecule has 0 saturated heterocycles. The number of hydrogen-bond donors (Lipinski definition) is 2. The molecule has 0 saturated carbocycles. The standard InChI is InChI=1S/C16H14Cl2N2O2/c17-13-7-1-10(9-14(13)18)2-8-15(21)20-12-5-3-11(4-6-12)16(19)22/h1,3-7,9H,2,8H2,(H2,19,22)(H,20,21). The number of primary amides is 1. The van der Waals surface area contributed by atoms with Crippen LogP contribution >= 0.6 is 23.2 Å². The second kappa shape index (κ2) is 7.29. The molecule has 0 unspecified atom stereocenters. The third-order valence-corrected chi connectivity index (χ3v) is 3.82. The van der Waals surface area contributed by atoms with Gasteiger partial charge in [-0.3, -0.25) is 9.59 Å². The maximum Gasteiger partial charge on any atom is 0.248 e. The highest BCUT2D eigenvalue weighted by Crippen LogP contribution is 2.23. The number of rotatable bonds is 5. The van der Waals surface area contributed by atoms with Gasteiger partial charge in [-0.2, -0.15) is 0 Å². The highest BCUT2D eigenvalue weighted by Gasteiger charge is 2.06. The molecule has 0 atom stereocenters. The Morgan fingerprint density at radius 1 is 1.00 bits per heavy atom. The molecule has 0 aliphatic heterocycles. The van der Waals surface area contributed by atoms with Crippen molar-refractivity contribution in [3.05, 3.63) is 63.6 Å². The fourth-order valence-electron chi connectivity index (χ4n) is 1.89. The minimum absolute atomic E-state index is 0.127. The summed E-state index contributed by atoms with van der Waals surface area (Å²) >= 11 is 11.8. The molecule has 0 aliphatic carbocycles. The monoisotopic (exact) mass is 336 g/mol. The van der Waals surface area contributed by atoms with E-state index in [0.29, 0.717) is 34.1 Å². The molecular weight excluding hydrogens is 323 g/mol. The number of aryl methyl sites for hydroxylation is 1. The Balaban J connectivity index is 1.89. The first-order valence-corrected chi connectivity index (χ1v) is 7.35. The van der Waals surface area contributed by atoms with E-state index in [1.807, 2.05) is 6.07 Å². The molecule has 3 N–H and O–H groups in total. The van der Waals surface area contributed by atoms with E-state index < -0.39 is 5.91 Å². The number of benzene rings is 2. The topological polar surface area (TPSA) is 72.2 Å². The summed E-state index contributed by atoms with van der Waals surface area (Å²) in [6, 6.07) is 11.7. The molecule has 114 valence electrons. The van der Waals surface area contributed by atoms with Crippen LogP contribution < -0.4 is 11.1 Å². The van der Waals surface area contributed by atoms with Gasteiger partial charge in [0.1, 0.15) is 0 Å². The molecule has 0 spiro atoms. The van der Waals surface area contributed by atoms with Crippen LogP contribution in [0.4, 0.5) is 5.69 Å². The van der Waals surface area contributed by atoms with Gasteiger partial charge in [-0.25, -0.2) is 0 Å². The fraction of sp³-hybridized carbons (Fsp3) is 0.125. The molecule has 0 heterocycles. The number of anilines is 1. The Morgan fingerprint density at radius 2 is 1.68 bits per heavy atom. The van der Waals surface area contributed by atoms with E-state index in [-0.39, 0.29) is 5.91 Å². The lowest BCUT2D eigenvalue weighted by Crippen LogP contribution is -2.13. The van der Waals surface area contributed by atoms with Gasteiger partial charge in [-0.1, -0.05) is 29.3 Å². The zero-order valence-corrected chi connectivity index (χ0v) is 13.1. The molecule has 2 amide bonds. The van der Waals surface area contributed by atoms with Crippen molar-refractivity contribution in [3.63, 3.8) is 0 Å². The number of amides is 2. The minimum Gasteiger partial charge on any atom is -0.366 e. The summed E-state index contributed by atoms with van der Waals surface area (Å²) in [4.78, 5) is 22.9. The van der Waals surface area contributed by atoms with E-state index in [4.69, 9.17) is 28.9 Å². The van der Waals surface area contributed by atoms with Crippen molar-refractivity contribution < 1.29 is 9.59 Å². The number of carbonyl (C=O) groups excluding carboxylic acids is 2. The highest BCUT2D eigenvalue weighted by atomic mass is 35.5. The third-order valence-electron chi connectivity index (χ3n) is 3.08. The van der Waals surface area contributed by atoms with Crippen LogP contribution in [0.15, 0.2) is 42.5 Å². The first-order valence-electron chi connectivity index (χ1n) is 6.59. The Kier molecular flexibility index (Phi) is 5.41. The first-order chi connectivity index (χ1) is 10.5. The lowest BCUT2D eigenvalue weighted by Gasteiger charge is -2.06. The number of nitrogens with one attached hydrogen (secondary N) is 1. The van der Waals surface area contributed by atoms with Crippen LogP contribution in [-0.4, -0.2) is 11.8 Å². The largest absolute Gasteiger partial charge is 0.366 e. The van der Waals surface area contributed by atoms with Gasteiger partial charge >= 0.3 is 0 Å². The maximum atomic E-state index is 11.9. The van der Waals surface area contributed by atoms with Gasteiger partial charge in [0.15, 0.2) is 0 Å². The van der Waals surface area contributed by atoms with Crippen molar-refractivity contribution in [2.45, 2.75) is 12.8 Å². The van der Waals surface area contributed by atoms with Crippen molar-refractivity contribution >= 4 is 40.7 Å². The average Bonchev–Trinajstić information content (AvgIpc) is 2.49. The molecule has 0 aromatic heterocycles. The Bertz CT molecular complexity index is 700. The average molecular weight is 337 g/mol. The van der Waals surface area contributed by atoms with E-state index in [1.54, 1.807) is 36.4 Å². The summed E-state index contributed by atoms with van der Waals surface area (Å²) < 4.78 is 0. The maximum absolute atomic E-state index is 11.9. The Labute approximate surface area is 138 Å². The number of nitrogens with two attached hydrogens (primary N) is 1. The summed E-state index contributed by atoms with van der Waals surface area (Å²) in [6.07, 6.45) is 0.873. The van der Waals surface area contributed by atoms with E-state index in [0.717, 1.165) is 5.56 Å². The lowest BCUT2D eigenvalue weighted by molar-refractivity contribution is -0.116. The minimum atomic E-state index is -0.502. The molecule has 2 aromatic rings. The van der Waals surface area contributed by atoms with Crippen molar-refractivity contribution in [2.75, 3.05) is 5.32 Å². The van der Waals surface area contributed by atoms with Crippen LogP contribution in [0.3, 0.4) is 0 Å². The van der Waals surface area contributed by atoms with Gasteiger partial charge in [0.2, 0.25) is 11.8 Å². The van der Waals surface area contributed by atoms with E-state index in [9.17, 15) is 9.59 Å². The molecule has 2 rings (SSSR count). The summed E-state index contributed by atoms with van der Waals surface area (Å²) in [5.41, 5.74) is 7.10. The molecule has 4 nitrogen and oxygen atoms in total. The van der Waals surface area contributed by atoms with Crippen molar-refractivity contribution in [2.24, 2.45) is 5.73 Å². The Hall–Kier alpha value is -2.04. The second-order valence-corrected chi connectivity index (χ2v) is 5.55. The molecule has 6 heteroatoms. The van der Waals surface area contributed by atoms with Crippen LogP contribution in [-0.2, 0) is 11.2 Å². The number of hydrogen-bond acceptors (Lipinski definition) is 2. The zero-order valence-electron chi connectivity index (χ0n) is 11.6. The lowest BCUT2D eigenvalue weighted by atomic mass is 10.1. The quantitative estimate of drug-likeness (QED) is 0.874. The van der Waals surface area contributed by atoms with Gasteiger partial charge in [-0.05, 0) is 48.4 Å². The molecular formula is C16H14Cl2N2O2. The van der Waals surface area contributed by atoms with Crippen molar-refractivity contribution in [1.29, 1.82) is 0 Å². The first kappa shape index (κ1) is 16.3. The predicted molar refractivity (Wildman–Crippen MR) is 88.4 cm³/mol. The highest BCUT2D eigenvalue weighted by molar-refractivity contribution is 6.42. The SMILES string of the molecule is NC(=O)c1ccc(NC(=O)CCc2ccc(Cl)c(Cl)c2)cc1. The predicted octanol–water partition coefficient (Wildman–Crippen LogP) is 3.66. The molecule has 0 fully saturated rings. The van der Waals surface area contributed by atoms with Gasteiger partial charge in [-0.15, -0.1) is 0 Å². The summed E-state index contributed by atoms with van der Waals surface area (Å²) in [7, 11) is 0. The third kappa shape index (κ3) is 4.48. The number of halogens is 2. The van der Waals surface area contributed by atoms with Crippen molar-refractivity contribution in [3.8, 4) is 0 Å². The second-order valence-electron chi connectivity index (χ2n) is 4.74.